The van der Waals surface area contributed by atoms with E-state index < -0.39 is 16.6 Å². The molecule has 0 radical (unpaired) electrons. The molecule has 0 aliphatic heterocycles. The lowest BCUT2D eigenvalue weighted by atomic mass is 10.1. The molecule has 0 unspecified atom stereocenters. The number of rotatable bonds is 4. The van der Waals surface area contributed by atoms with Gasteiger partial charge in [-0.05, 0) is 43.3 Å². The van der Waals surface area contributed by atoms with Crippen molar-refractivity contribution >= 4 is 28.2 Å². The van der Waals surface area contributed by atoms with Gasteiger partial charge in [0.2, 0.25) is 0 Å². The van der Waals surface area contributed by atoms with Crippen molar-refractivity contribution in [3.05, 3.63) is 75.7 Å². The number of nitro groups is 1. The van der Waals surface area contributed by atoms with Crippen LogP contribution in [-0.2, 0) is 0 Å². The average Bonchev–Trinajstić information content (AvgIpc) is 2.59. The highest BCUT2D eigenvalue weighted by Gasteiger charge is 2.12. The van der Waals surface area contributed by atoms with Gasteiger partial charge in [0.25, 0.3) is 11.6 Å². The predicted molar refractivity (Wildman–Crippen MR) is 90.6 cm³/mol. The van der Waals surface area contributed by atoms with Gasteiger partial charge in [-0.1, -0.05) is 0 Å². The number of hydrogen-bond donors (Lipinski definition) is 2. The average molecular weight is 340 g/mol. The smallest absolute Gasteiger partial charge is 0.271 e. The molecule has 0 aliphatic rings. The van der Waals surface area contributed by atoms with Gasteiger partial charge in [-0.2, -0.15) is 0 Å². The van der Waals surface area contributed by atoms with Crippen LogP contribution in [0.5, 0.6) is 0 Å². The molecule has 0 aliphatic carbocycles. The normalized spacial score (nSPS) is 10.5. The number of carbonyl (C=O) groups is 1. The zero-order valence-corrected chi connectivity index (χ0v) is 13.1. The van der Waals surface area contributed by atoms with Crippen molar-refractivity contribution in [2.75, 3.05) is 5.43 Å². The number of carbonyl (C=O) groups excluding carboxylic acids is 1. The molecule has 1 aromatic heterocycles. The van der Waals surface area contributed by atoms with Crippen molar-refractivity contribution in [1.29, 1.82) is 0 Å². The van der Waals surface area contributed by atoms with E-state index in [0.29, 0.717) is 27.8 Å². The van der Waals surface area contributed by atoms with Crippen molar-refractivity contribution in [3.63, 3.8) is 0 Å². The van der Waals surface area contributed by atoms with Crippen LogP contribution in [0.25, 0.3) is 10.9 Å². The van der Waals surface area contributed by atoms with Crippen molar-refractivity contribution in [1.82, 2.24) is 10.4 Å². The summed E-state index contributed by atoms with van der Waals surface area (Å²) < 4.78 is 13.3. The standard InChI is InChI=1S/C17H13FN4O3/c1-10-15(9-11-8-12(18)2-7-16(11)19-10)17(23)21-20-13-3-5-14(6-4-13)22(24)25/h2-9,20H,1H3,(H,21,23). The van der Waals surface area contributed by atoms with E-state index >= 15 is 0 Å². The number of halogens is 1. The fraction of sp³-hybridized carbons (Fsp3) is 0.0588. The summed E-state index contributed by atoms with van der Waals surface area (Å²) in [6.45, 7) is 1.68. The molecule has 0 atom stereocenters. The van der Waals surface area contributed by atoms with Gasteiger partial charge < -0.3 is 0 Å². The third kappa shape index (κ3) is 3.52. The summed E-state index contributed by atoms with van der Waals surface area (Å²) in [6, 6.07) is 11.3. The fourth-order valence-electron chi connectivity index (χ4n) is 2.34. The molecule has 25 heavy (non-hydrogen) atoms. The maximum absolute atomic E-state index is 13.3. The van der Waals surface area contributed by atoms with Gasteiger partial charge >= 0.3 is 0 Å². The second-order valence-electron chi connectivity index (χ2n) is 5.34. The lowest BCUT2D eigenvalue weighted by Gasteiger charge is -2.10. The molecule has 8 heteroatoms. The Bertz CT molecular complexity index is 974. The molecule has 3 rings (SSSR count). The first-order valence-corrected chi connectivity index (χ1v) is 7.32. The number of anilines is 1. The summed E-state index contributed by atoms with van der Waals surface area (Å²) in [5.41, 5.74) is 6.99. The molecule has 0 saturated carbocycles. The van der Waals surface area contributed by atoms with Crippen LogP contribution in [0.3, 0.4) is 0 Å². The first-order chi connectivity index (χ1) is 11.9. The monoisotopic (exact) mass is 340 g/mol. The number of non-ortho nitro benzene ring substituents is 1. The second-order valence-corrected chi connectivity index (χ2v) is 5.34. The summed E-state index contributed by atoms with van der Waals surface area (Å²) >= 11 is 0. The van der Waals surface area contributed by atoms with E-state index in [0.717, 1.165) is 0 Å². The van der Waals surface area contributed by atoms with Crippen LogP contribution < -0.4 is 10.9 Å². The van der Waals surface area contributed by atoms with E-state index in [-0.39, 0.29) is 5.69 Å². The van der Waals surface area contributed by atoms with Gasteiger partial charge in [-0.15, -0.1) is 0 Å². The number of nitrogens with one attached hydrogen (secondary N) is 2. The van der Waals surface area contributed by atoms with E-state index in [4.69, 9.17) is 0 Å². The number of fused-ring (bicyclic) bond motifs is 1. The van der Waals surface area contributed by atoms with Crippen LogP contribution in [0.2, 0.25) is 0 Å². The minimum absolute atomic E-state index is 0.0477. The minimum atomic E-state index is -0.508. The quantitative estimate of drug-likeness (QED) is 0.561. The summed E-state index contributed by atoms with van der Waals surface area (Å²) in [7, 11) is 0. The van der Waals surface area contributed by atoms with E-state index in [1.165, 1.54) is 36.4 Å². The summed E-state index contributed by atoms with van der Waals surface area (Å²) in [6.07, 6.45) is 0. The molecule has 0 saturated heterocycles. The highest BCUT2D eigenvalue weighted by Crippen LogP contribution is 2.18. The van der Waals surface area contributed by atoms with Crippen LogP contribution in [0, 0.1) is 22.9 Å². The number of hydrazine groups is 1. The fourth-order valence-corrected chi connectivity index (χ4v) is 2.34. The van der Waals surface area contributed by atoms with E-state index in [1.807, 2.05) is 0 Å². The second kappa shape index (κ2) is 6.52. The zero-order valence-electron chi connectivity index (χ0n) is 13.1. The number of nitro benzene ring substituents is 1. The van der Waals surface area contributed by atoms with Crippen molar-refractivity contribution in [2.45, 2.75) is 6.92 Å². The van der Waals surface area contributed by atoms with Gasteiger partial charge in [0, 0.05) is 17.5 Å². The molecule has 2 N–H and O–H groups in total. The molecule has 0 fully saturated rings. The SMILES string of the molecule is Cc1nc2ccc(F)cc2cc1C(=O)NNc1ccc([N+](=O)[O-])cc1. The van der Waals surface area contributed by atoms with Gasteiger partial charge in [0.1, 0.15) is 5.82 Å². The van der Waals surface area contributed by atoms with Crippen molar-refractivity contribution in [2.24, 2.45) is 0 Å². The van der Waals surface area contributed by atoms with Crippen LogP contribution in [0.4, 0.5) is 15.8 Å². The molecular formula is C17H13FN4O3. The number of amides is 1. The largest absolute Gasteiger partial charge is 0.298 e. The molecule has 126 valence electrons. The zero-order chi connectivity index (χ0) is 18.0. The van der Waals surface area contributed by atoms with Gasteiger partial charge in [0.15, 0.2) is 0 Å². The van der Waals surface area contributed by atoms with Gasteiger partial charge in [-0.25, -0.2) is 4.39 Å². The predicted octanol–water partition coefficient (Wildman–Crippen LogP) is 3.35. The Labute approximate surface area is 141 Å². The van der Waals surface area contributed by atoms with Crippen LogP contribution in [0.15, 0.2) is 48.5 Å². The third-order valence-corrected chi connectivity index (χ3v) is 3.61. The Morgan fingerprint density at radius 3 is 2.56 bits per heavy atom. The third-order valence-electron chi connectivity index (χ3n) is 3.61. The summed E-state index contributed by atoms with van der Waals surface area (Å²) in [5, 5.41) is 11.1. The Kier molecular flexibility index (Phi) is 4.25. The Hall–Kier alpha value is -3.55. The number of hydrogen-bond acceptors (Lipinski definition) is 5. The van der Waals surface area contributed by atoms with Crippen LogP contribution >= 0.6 is 0 Å². The topological polar surface area (TPSA) is 97.2 Å². The van der Waals surface area contributed by atoms with Crippen LogP contribution in [0.1, 0.15) is 16.1 Å². The molecule has 0 bridgehead atoms. The van der Waals surface area contributed by atoms with E-state index in [1.54, 1.807) is 19.1 Å². The molecule has 7 nitrogen and oxygen atoms in total. The molecule has 0 spiro atoms. The maximum atomic E-state index is 13.3. The number of benzene rings is 2. The van der Waals surface area contributed by atoms with Crippen molar-refractivity contribution in [3.8, 4) is 0 Å². The number of aromatic nitrogens is 1. The van der Waals surface area contributed by atoms with Crippen molar-refractivity contribution < 1.29 is 14.1 Å². The highest BCUT2D eigenvalue weighted by molar-refractivity contribution is 5.99. The molecule has 2 aromatic carbocycles. The molecule has 3 aromatic rings. The van der Waals surface area contributed by atoms with Gasteiger partial charge in [-0.3, -0.25) is 30.7 Å². The summed E-state index contributed by atoms with van der Waals surface area (Å²) in [5.74, 6) is -0.858. The molecule has 1 amide bonds. The highest BCUT2D eigenvalue weighted by atomic mass is 19.1. The van der Waals surface area contributed by atoms with E-state index in [9.17, 15) is 19.3 Å². The number of nitrogens with zero attached hydrogens (tertiary/aromatic N) is 2. The molecular weight excluding hydrogens is 327 g/mol. The van der Waals surface area contributed by atoms with Crippen LogP contribution in [-0.4, -0.2) is 15.8 Å². The molecule has 1 heterocycles. The maximum Gasteiger partial charge on any atom is 0.271 e. The first kappa shape index (κ1) is 16.3. The van der Waals surface area contributed by atoms with Gasteiger partial charge in [0.05, 0.1) is 27.4 Å². The number of pyridine rings is 1. The first-order valence-electron chi connectivity index (χ1n) is 7.32. The minimum Gasteiger partial charge on any atom is -0.298 e. The Balaban J connectivity index is 1.77. The summed E-state index contributed by atoms with van der Waals surface area (Å²) in [4.78, 5) is 26.7. The lowest BCUT2D eigenvalue weighted by molar-refractivity contribution is -0.384. The van der Waals surface area contributed by atoms with E-state index in [2.05, 4.69) is 15.8 Å². The Morgan fingerprint density at radius 1 is 1.16 bits per heavy atom. The lowest BCUT2D eigenvalue weighted by Crippen LogP contribution is -2.30. The Morgan fingerprint density at radius 2 is 1.88 bits per heavy atom. The number of aryl methyl sites for hydroxylation is 1.